The van der Waals surface area contributed by atoms with Gasteiger partial charge in [-0.25, -0.2) is 0 Å². The fraction of sp³-hybridized carbons (Fsp3) is 0.857. The van der Waals surface area contributed by atoms with Gasteiger partial charge in [0, 0.05) is 0 Å². The van der Waals surface area contributed by atoms with Gasteiger partial charge in [-0.1, -0.05) is 29.5 Å². The molecule has 0 heterocycles. The molecule has 0 atom stereocenters. The van der Waals surface area contributed by atoms with Crippen LogP contribution < -0.4 is 0 Å². The quantitative estimate of drug-likeness (QED) is 0.439. The molecule has 0 saturated heterocycles. The summed E-state index contributed by atoms with van der Waals surface area (Å²) in [5.41, 5.74) is 0. The molecule has 0 aromatic heterocycles. The van der Waals surface area contributed by atoms with Crippen LogP contribution in [0.25, 0.3) is 0 Å². The summed E-state index contributed by atoms with van der Waals surface area (Å²) in [7, 11) is 0. The van der Waals surface area contributed by atoms with Crippen molar-refractivity contribution in [2.24, 2.45) is 0 Å². The van der Waals surface area contributed by atoms with E-state index < -0.39 is 0 Å². The number of hydrogen-bond acceptors (Lipinski definition) is 2. The zero-order valence-corrected chi connectivity index (χ0v) is 8.77. The summed E-state index contributed by atoms with van der Waals surface area (Å²) < 4.78 is 4.53. The van der Waals surface area contributed by atoms with Crippen LogP contribution in [0.3, 0.4) is 0 Å². The van der Waals surface area contributed by atoms with Crippen molar-refractivity contribution in [2.75, 3.05) is 6.61 Å². The highest BCUT2D eigenvalue weighted by molar-refractivity contribution is 14.1. The molecule has 0 N–H and O–H groups in total. The van der Waals surface area contributed by atoms with Gasteiger partial charge < -0.3 is 4.74 Å². The molecule has 0 aliphatic carbocycles. The van der Waals surface area contributed by atoms with Gasteiger partial charge in [0.05, 0.1) is 6.61 Å². The zero-order valence-electron chi connectivity index (χ0n) is 6.61. The maximum Gasteiger partial charge on any atom is 0.321 e. The molecule has 0 aliphatic rings. The van der Waals surface area contributed by atoms with Crippen LogP contribution in [0.5, 0.6) is 0 Å². The Morgan fingerprint density at radius 1 is 1.60 bits per heavy atom. The highest BCUT2D eigenvalue weighted by Crippen LogP contribution is 2.18. The summed E-state index contributed by atoms with van der Waals surface area (Å²) in [6, 6.07) is 0. The smallest absolute Gasteiger partial charge is 0.321 e. The van der Waals surface area contributed by atoms with E-state index in [2.05, 4.69) is 22.6 Å². The number of halogens is 1. The summed E-state index contributed by atoms with van der Waals surface area (Å²) in [6.07, 6.45) is 0.887. The second-order valence-electron chi connectivity index (χ2n) is 2.61. The first-order valence-corrected chi connectivity index (χ1v) is 4.42. The maximum absolute atomic E-state index is 11.0. The number of alkyl halides is 1. The van der Waals surface area contributed by atoms with Crippen molar-refractivity contribution in [1.29, 1.82) is 0 Å². The maximum atomic E-state index is 11.0. The van der Waals surface area contributed by atoms with Crippen LogP contribution in [0.15, 0.2) is 0 Å². The molecular weight excluding hydrogens is 243 g/mol. The predicted octanol–water partition coefficient (Wildman–Crippen LogP) is 2.15. The third-order valence-electron chi connectivity index (χ3n) is 0.923. The molecule has 2 nitrogen and oxygen atoms in total. The van der Waals surface area contributed by atoms with Crippen LogP contribution in [0.2, 0.25) is 0 Å². The Morgan fingerprint density at radius 3 is 2.40 bits per heavy atom. The average molecular weight is 256 g/mol. The van der Waals surface area contributed by atoms with Crippen LogP contribution in [0.1, 0.15) is 27.2 Å². The molecule has 0 amide bonds. The second kappa shape index (κ2) is 4.16. The number of rotatable bonds is 3. The van der Waals surface area contributed by atoms with Crippen molar-refractivity contribution in [3.63, 3.8) is 0 Å². The molecule has 0 aromatic rings. The first-order chi connectivity index (χ1) is 4.48. The van der Waals surface area contributed by atoms with Crippen LogP contribution >= 0.6 is 22.6 Å². The predicted molar refractivity (Wildman–Crippen MR) is 49.3 cm³/mol. The molecule has 0 bridgehead atoms. The van der Waals surface area contributed by atoms with E-state index in [0.717, 1.165) is 6.42 Å². The summed E-state index contributed by atoms with van der Waals surface area (Å²) in [5, 5.41) is 0. The van der Waals surface area contributed by atoms with Crippen molar-refractivity contribution in [3.8, 4) is 0 Å². The fourth-order valence-corrected chi connectivity index (χ4v) is 0.522. The lowest BCUT2D eigenvalue weighted by Crippen LogP contribution is -2.26. The summed E-state index contributed by atoms with van der Waals surface area (Å²) in [6.45, 7) is 6.19. The molecule has 60 valence electrons. The lowest BCUT2D eigenvalue weighted by Gasteiger charge is -2.13. The molecule has 0 unspecified atom stereocenters. The third-order valence-corrected chi connectivity index (χ3v) is 1.36. The fourth-order valence-electron chi connectivity index (χ4n) is 0.366. The molecule has 0 rings (SSSR count). The summed E-state index contributed by atoms with van der Waals surface area (Å²) in [5.74, 6) is -0.130. The van der Waals surface area contributed by atoms with E-state index in [9.17, 15) is 4.79 Å². The van der Waals surface area contributed by atoms with E-state index in [4.69, 9.17) is 4.74 Å². The normalized spacial score (nSPS) is 11.2. The first kappa shape index (κ1) is 10.2. The standard InChI is InChI=1S/C7H13IO2/c1-4-5-10-6(9)7(2,3)8/h4-5H2,1-3H3. The Hall–Kier alpha value is 0.200. The Balaban J connectivity index is 3.64. The lowest BCUT2D eigenvalue weighted by atomic mass is 10.2. The minimum atomic E-state index is -0.382. The number of hydrogen-bond donors (Lipinski definition) is 0. The summed E-state index contributed by atoms with van der Waals surface area (Å²) in [4.78, 5) is 11.0. The van der Waals surface area contributed by atoms with Crippen molar-refractivity contribution in [3.05, 3.63) is 0 Å². The van der Waals surface area contributed by atoms with E-state index in [-0.39, 0.29) is 9.39 Å². The number of carbonyl (C=O) groups excluding carboxylic acids is 1. The number of ether oxygens (including phenoxy) is 1. The topological polar surface area (TPSA) is 26.3 Å². The van der Waals surface area contributed by atoms with Crippen LogP contribution in [0.4, 0.5) is 0 Å². The van der Waals surface area contributed by atoms with Gasteiger partial charge in [0.2, 0.25) is 0 Å². The molecule has 0 fully saturated rings. The second-order valence-corrected chi connectivity index (χ2v) is 5.31. The average Bonchev–Trinajstić information content (AvgIpc) is 1.80. The van der Waals surface area contributed by atoms with Gasteiger partial charge in [0.1, 0.15) is 3.42 Å². The van der Waals surface area contributed by atoms with E-state index in [1.54, 1.807) is 0 Å². The summed E-state index contributed by atoms with van der Waals surface area (Å²) >= 11 is 2.07. The Labute approximate surface area is 75.5 Å². The van der Waals surface area contributed by atoms with Gasteiger partial charge in [-0.2, -0.15) is 0 Å². The van der Waals surface area contributed by atoms with E-state index in [0.29, 0.717) is 6.61 Å². The van der Waals surface area contributed by atoms with Crippen molar-refractivity contribution < 1.29 is 9.53 Å². The van der Waals surface area contributed by atoms with Gasteiger partial charge in [-0.05, 0) is 20.3 Å². The minimum absolute atomic E-state index is 0.130. The van der Waals surface area contributed by atoms with Gasteiger partial charge in [-0.3, -0.25) is 4.79 Å². The molecule has 0 saturated carbocycles. The third kappa shape index (κ3) is 4.09. The van der Waals surface area contributed by atoms with E-state index in [1.807, 2.05) is 20.8 Å². The van der Waals surface area contributed by atoms with Gasteiger partial charge in [-0.15, -0.1) is 0 Å². The van der Waals surface area contributed by atoms with E-state index >= 15 is 0 Å². The van der Waals surface area contributed by atoms with Gasteiger partial charge in [0.15, 0.2) is 0 Å². The van der Waals surface area contributed by atoms with Crippen molar-refractivity contribution in [1.82, 2.24) is 0 Å². The van der Waals surface area contributed by atoms with Gasteiger partial charge in [0.25, 0.3) is 0 Å². The molecule has 3 heteroatoms. The zero-order chi connectivity index (χ0) is 8.20. The SMILES string of the molecule is CCCOC(=O)C(C)(C)I. The first-order valence-electron chi connectivity index (χ1n) is 3.34. The molecule has 0 spiro atoms. The molecule has 0 aromatic carbocycles. The Morgan fingerprint density at radius 2 is 2.10 bits per heavy atom. The van der Waals surface area contributed by atoms with Crippen LogP contribution in [-0.2, 0) is 9.53 Å². The van der Waals surface area contributed by atoms with E-state index in [1.165, 1.54) is 0 Å². The van der Waals surface area contributed by atoms with Crippen molar-refractivity contribution >= 4 is 28.6 Å². The highest BCUT2D eigenvalue weighted by Gasteiger charge is 2.24. The van der Waals surface area contributed by atoms with Crippen molar-refractivity contribution in [2.45, 2.75) is 30.6 Å². The monoisotopic (exact) mass is 256 g/mol. The largest absolute Gasteiger partial charge is 0.465 e. The lowest BCUT2D eigenvalue weighted by molar-refractivity contribution is -0.145. The number of esters is 1. The molecular formula is C7H13IO2. The molecule has 10 heavy (non-hydrogen) atoms. The van der Waals surface area contributed by atoms with Crippen LogP contribution in [-0.4, -0.2) is 16.0 Å². The highest BCUT2D eigenvalue weighted by atomic mass is 127. The molecule has 0 aliphatic heterocycles. The van der Waals surface area contributed by atoms with Crippen LogP contribution in [0, 0.1) is 0 Å². The Kier molecular flexibility index (Phi) is 4.24. The molecule has 0 radical (unpaired) electrons. The number of carbonyl (C=O) groups is 1. The van der Waals surface area contributed by atoms with Gasteiger partial charge >= 0.3 is 5.97 Å². The Bertz CT molecular complexity index is 115. The minimum Gasteiger partial charge on any atom is -0.465 e.